The van der Waals surface area contributed by atoms with Gasteiger partial charge in [0.2, 0.25) is 0 Å². The second-order valence-corrected chi connectivity index (χ2v) is 4.45. The van der Waals surface area contributed by atoms with E-state index in [-0.39, 0.29) is 0 Å². The highest BCUT2D eigenvalue weighted by atomic mass is 15.4. The largest absolute Gasteiger partial charge is 0.330 e. The fourth-order valence-electron chi connectivity index (χ4n) is 1.73. The van der Waals surface area contributed by atoms with Gasteiger partial charge >= 0.3 is 0 Å². The SMILES string of the molecule is NCCCCc1cn(CCC2CC2)nn1. The number of nitrogens with two attached hydrogens (primary N) is 1. The van der Waals surface area contributed by atoms with Crippen LogP contribution in [0.1, 0.15) is 37.8 Å². The van der Waals surface area contributed by atoms with Gasteiger partial charge in [0, 0.05) is 12.7 Å². The van der Waals surface area contributed by atoms with Gasteiger partial charge in [-0.25, -0.2) is 0 Å². The van der Waals surface area contributed by atoms with Gasteiger partial charge in [-0.3, -0.25) is 4.68 Å². The average molecular weight is 208 g/mol. The van der Waals surface area contributed by atoms with Crippen LogP contribution in [0.25, 0.3) is 0 Å². The van der Waals surface area contributed by atoms with Crippen LogP contribution in [-0.4, -0.2) is 21.5 Å². The van der Waals surface area contributed by atoms with Gasteiger partial charge in [0.25, 0.3) is 0 Å². The Kier molecular flexibility index (Phi) is 3.72. The highest BCUT2D eigenvalue weighted by Gasteiger charge is 2.20. The Hall–Kier alpha value is -0.900. The molecule has 0 saturated heterocycles. The monoisotopic (exact) mass is 208 g/mol. The van der Waals surface area contributed by atoms with E-state index < -0.39 is 0 Å². The van der Waals surface area contributed by atoms with Gasteiger partial charge < -0.3 is 5.73 Å². The van der Waals surface area contributed by atoms with Gasteiger partial charge in [0.05, 0.1) is 5.69 Å². The zero-order chi connectivity index (χ0) is 10.5. The Labute approximate surface area is 90.8 Å². The summed E-state index contributed by atoms with van der Waals surface area (Å²) in [4.78, 5) is 0. The minimum atomic E-state index is 0.774. The molecular weight excluding hydrogens is 188 g/mol. The minimum Gasteiger partial charge on any atom is -0.330 e. The zero-order valence-corrected chi connectivity index (χ0v) is 9.23. The van der Waals surface area contributed by atoms with Crippen molar-refractivity contribution in [2.45, 2.75) is 45.1 Å². The van der Waals surface area contributed by atoms with Crippen LogP contribution in [0.5, 0.6) is 0 Å². The Balaban J connectivity index is 1.70. The molecule has 15 heavy (non-hydrogen) atoms. The standard InChI is InChI=1S/C11H20N4/c12-7-2-1-3-11-9-15(14-13-11)8-6-10-4-5-10/h9-10H,1-8,12H2. The first kappa shape index (κ1) is 10.6. The summed E-state index contributed by atoms with van der Waals surface area (Å²) in [6, 6.07) is 0. The summed E-state index contributed by atoms with van der Waals surface area (Å²) >= 11 is 0. The summed E-state index contributed by atoms with van der Waals surface area (Å²) < 4.78 is 1.98. The highest BCUT2D eigenvalue weighted by molar-refractivity contribution is 4.92. The second-order valence-electron chi connectivity index (χ2n) is 4.45. The molecule has 1 aliphatic rings. The van der Waals surface area contributed by atoms with Crippen LogP contribution in [0.3, 0.4) is 0 Å². The zero-order valence-electron chi connectivity index (χ0n) is 9.23. The molecule has 2 N–H and O–H groups in total. The van der Waals surface area contributed by atoms with Crippen molar-refractivity contribution in [3.05, 3.63) is 11.9 Å². The van der Waals surface area contributed by atoms with Crippen molar-refractivity contribution in [3.8, 4) is 0 Å². The molecule has 4 heteroatoms. The van der Waals surface area contributed by atoms with Gasteiger partial charge in [0.15, 0.2) is 0 Å². The molecule has 0 spiro atoms. The lowest BCUT2D eigenvalue weighted by Gasteiger charge is -1.97. The van der Waals surface area contributed by atoms with Crippen LogP contribution in [-0.2, 0) is 13.0 Å². The van der Waals surface area contributed by atoms with Gasteiger partial charge in [-0.05, 0) is 38.1 Å². The molecule has 0 atom stereocenters. The maximum atomic E-state index is 5.44. The van der Waals surface area contributed by atoms with Crippen LogP contribution in [0.2, 0.25) is 0 Å². The molecule has 0 amide bonds. The molecule has 1 fully saturated rings. The van der Waals surface area contributed by atoms with Crippen molar-refractivity contribution in [2.24, 2.45) is 11.7 Å². The second kappa shape index (κ2) is 5.26. The molecule has 0 bridgehead atoms. The molecule has 0 aliphatic heterocycles. The summed E-state index contributed by atoms with van der Waals surface area (Å²) in [6.45, 7) is 1.81. The Morgan fingerprint density at radius 1 is 1.40 bits per heavy atom. The first-order chi connectivity index (χ1) is 7.38. The minimum absolute atomic E-state index is 0.774. The molecule has 1 aromatic rings. The molecule has 84 valence electrons. The Morgan fingerprint density at radius 3 is 3.00 bits per heavy atom. The average Bonchev–Trinajstić information content (AvgIpc) is 2.97. The predicted molar refractivity (Wildman–Crippen MR) is 59.4 cm³/mol. The van der Waals surface area contributed by atoms with Crippen LogP contribution >= 0.6 is 0 Å². The van der Waals surface area contributed by atoms with Crippen molar-refractivity contribution < 1.29 is 0 Å². The number of aryl methyl sites for hydroxylation is 2. The normalized spacial score (nSPS) is 15.8. The number of hydrogen-bond donors (Lipinski definition) is 1. The van der Waals surface area contributed by atoms with E-state index >= 15 is 0 Å². The predicted octanol–water partition coefficient (Wildman–Crippen LogP) is 1.36. The topological polar surface area (TPSA) is 56.7 Å². The molecule has 1 aromatic heterocycles. The van der Waals surface area contributed by atoms with Crippen molar-refractivity contribution >= 4 is 0 Å². The van der Waals surface area contributed by atoms with Crippen molar-refractivity contribution in [1.29, 1.82) is 0 Å². The molecule has 4 nitrogen and oxygen atoms in total. The fourth-order valence-corrected chi connectivity index (χ4v) is 1.73. The molecule has 0 unspecified atom stereocenters. The number of unbranched alkanes of at least 4 members (excludes halogenated alkanes) is 1. The fraction of sp³-hybridized carbons (Fsp3) is 0.818. The van der Waals surface area contributed by atoms with E-state index in [0.717, 1.165) is 44.0 Å². The van der Waals surface area contributed by atoms with Crippen molar-refractivity contribution in [2.75, 3.05) is 6.54 Å². The molecule has 1 heterocycles. The van der Waals surface area contributed by atoms with E-state index in [4.69, 9.17) is 5.73 Å². The molecular formula is C11H20N4. The quantitative estimate of drug-likeness (QED) is 0.688. The summed E-state index contributed by atoms with van der Waals surface area (Å²) in [6.07, 6.45) is 9.40. The first-order valence-electron chi connectivity index (χ1n) is 5.97. The van der Waals surface area contributed by atoms with E-state index in [0.29, 0.717) is 0 Å². The van der Waals surface area contributed by atoms with Gasteiger partial charge in [-0.15, -0.1) is 5.10 Å². The van der Waals surface area contributed by atoms with Crippen molar-refractivity contribution in [1.82, 2.24) is 15.0 Å². The van der Waals surface area contributed by atoms with Gasteiger partial charge in [0.1, 0.15) is 0 Å². The van der Waals surface area contributed by atoms with E-state index in [9.17, 15) is 0 Å². The molecule has 0 aromatic carbocycles. The third kappa shape index (κ3) is 3.63. The lowest BCUT2D eigenvalue weighted by molar-refractivity contribution is 0.531. The van der Waals surface area contributed by atoms with E-state index in [1.54, 1.807) is 0 Å². The summed E-state index contributed by atoms with van der Waals surface area (Å²) in [5, 5.41) is 8.29. The maximum Gasteiger partial charge on any atom is 0.0827 e. The van der Waals surface area contributed by atoms with E-state index in [1.807, 2.05) is 4.68 Å². The molecule has 0 radical (unpaired) electrons. The Morgan fingerprint density at radius 2 is 2.27 bits per heavy atom. The lowest BCUT2D eigenvalue weighted by atomic mass is 10.2. The Bertz CT molecular complexity index is 291. The summed E-state index contributed by atoms with van der Waals surface area (Å²) in [7, 11) is 0. The highest BCUT2D eigenvalue weighted by Crippen LogP contribution is 2.32. The third-order valence-corrected chi connectivity index (χ3v) is 2.94. The van der Waals surface area contributed by atoms with Crippen molar-refractivity contribution in [3.63, 3.8) is 0 Å². The third-order valence-electron chi connectivity index (χ3n) is 2.94. The summed E-state index contributed by atoms with van der Waals surface area (Å²) in [5.41, 5.74) is 6.55. The molecule has 1 aliphatic carbocycles. The number of rotatable bonds is 7. The molecule has 1 saturated carbocycles. The van der Waals surface area contributed by atoms with Gasteiger partial charge in [-0.1, -0.05) is 18.1 Å². The van der Waals surface area contributed by atoms with Crippen LogP contribution < -0.4 is 5.73 Å². The maximum absolute atomic E-state index is 5.44. The first-order valence-corrected chi connectivity index (χ1v) is 5.97. The van der Waals surface area contributed by atoms with E-state index in [2.05, 4.69) is 16.5 Å². The van der Waals surface area contributed by atoms with Crippen LogP contribution in [0.15, 0.2) is 6.20 Å². The molecule has 2 rings (SSSR count). The smallest absolute Gasteiger partial charge is 0.0827 e. The lowest BCUT2D eigenvalue weighted by Crippen LogP contribution is -1.99. The number of hydrogen-bond acceptors (Lipinski definition) is 3. The number of nitrogens with zero attached hydrogens (tertiary/aromatic N) is 3. The van der Waals surface area contributed by atoms with E-state index in [1.165, 1.54) is 19.3 Å². The summed E-state index contributed by atoms with van der Waals surface area (Å²) in [5.74, 6) is 0.967. The van der Waals surface area contributed by atoms with Gasteiger partial charge in [-0.2, -0.15) is 0 Å². The van der Waals surface area contributed by atoms with Crippen LogP contribution in [0.4, 0.5) is 0 Å². The number of aromatic nitrogens is 3. The van der Waals surface area contributed by atoms with Crippen LogP contribution in [0, 0.1) is 5.92 Å².